The summed E-state index contributed by atoms with van der Waals surface area (Å²) in [5, 5.41) is 3.45. The highest BCUT2D eigenvalue weighted by Gasteiger charge is 2.32. The zero-order valence-corrected chi connectivity index (χ0v) is 15.0. The first-order valence-corrected chi connectivity index (χ1v) is 8.88. The Labute approximate surface area is 141 Å². The van der Waals surface area contributed by atoms with Crippen molar-refractivity contribution in [2.75, 3.05) is 40.4 Å². The van der Waals surface area contributed by atoms with Crippen LogP contribution in [0.5, 0.6) is 11.5 Å². The molecule has 4 nitrogen and oxygen atoms in total. The molecular formula is C17H25BrN2O2. The molecule has 1 aromatic carbocycles. The summed E-state index contributed by atoms with van der Waals surface area (Å²) < 4.78 is 12.1. The van der Waals surface area contributed by atoms with Crippen molar-refractivity contribution in [3.63, 3.8) is 0 Å². The summed E-state index contributed by atoms with van der Waals surface area (Å²) in [6.07, 6.45) is 3.97. The average molecular weight is 369 g/mol. The average Bonchev–Trinajstić information content (AvgIpc) is 3.37. The first-order valence-electron chi connectivity index (χ1n) is 8.09. The largest absolute Gasteiger partial charge is 0.496 e. The van der Waals surface area contributed by atoms with Gasteiger partial charge in [0.25, 0.3) is 0 Å². The Hall–Kier alpha value is -0.780. The topological polar surface area (TPSA) is 33.7 Å². The van der Waals surface area contributed by atoms with E-state index in [0.717, 1.165) is 48.1 Å². The van der Waals surface area contributed by atoms with E-state index in [1.807, 2.05) is 6.07 Å². The zero-order valence-electron chi connectivity index (χ0n) is 13.4. The maximum absolute atomic E-state index is 5.67. The van der Waals surface area contributed by atoms with Crippen molar-refractivity contribution in [3.05, 3.63) is 22.2 Å². The van der Waals surface area contributed by atoms with Gasteiger partial charge < -0.3 is 14.8 Å². The lowest BCUT2D eigenvalue weighted by Crippen LogP contribution is -2.45. The van der Waals surface area contributed by atoms with Crippen LogP contribution in [0, 0.1) is 5.92 Å². The lowest BCUT2D eigenvalue weighted by atomic mass is 9.97. The maximum Gasteiger partial charge on any atom is 0.133 e. The second kappa shape index (κ2) is 7.20. The molecule has 0 unspecified atom stereocenters. The molecule has 1 aliphatic carbocycles. The van der Waals surface area contributed by atoms with Gasteiger partial charge in [-0.3, -0.25) is 4.90 Å². The fourth-order valence-corrected chi connectivity index (χ4v) is 3.76. The molecule has 0 aromatic heterocycles. The van der Waals surface area contributed by atoms with Gasteiger partial charge in [0.05, 0.1) is 18.7 Å². The third-order valence-corrected chi connectivity index (χ3v) is 5.33. The van der Waals surface area contributed by atoms with Crippen LogP contribution in [0.4, 0.5) is 0 Å². The highest BCUT2D eigenvalue weighted by atomic mass is 79.9. The van der Waals surface area contributed by atoms with Crippen molar-refractivity contribution < 1.29 is 9.47 Å². The smallest absolute Gasteiger partial charge is 0.133 e. The predicted molar refractivity (Wildman–Crippen MR) is 91.8 cm³/mol. The van der Waals surface area contributed by atoms with E-state index in [1.54, 1.807) is 14.2 Å². The summed E-state index contributed by atoms with van der Waals surface area (Å²) in [7, 11) is 3.47. The van der Waals surface area contributed by atoms with Crippen LogP contribution in [0.1, 0.15) is 30.9 Å². The van der Waals surface area contributed by atoms with Gasteiger partial charge in [-0.15, -0.1) is 0 Å². The molecule has 0 amide bonds. The number of hydrogen-bond acceptors (Lipinski definition) is 4. The highest BCUT2D eigenvalue weighted by molar-refractivity contribution is 9.10. The third kappa shape index (κ3) is 3.58. The van der Waals surface area contributed by atoms with Crippen molar-refractivity contribution in [1.82, 2.24) is 10.2 Å². The van der Waals surface area contributed by atoms with Crippen LogP contribution in [0.2, 0.25) is 0 Å². The molecule has 122 valence electrons. The minimum Gasteiger partial charge on any atom is -0.496 e. The van der Waals surface area contributed by atoms with Gasteiger partial charge in [0.15, 0.2) is 0 Å². The Bertz CT molecular complexity index is 514. The number of piperazine rings is 1. The molecule has 1 heterocycles. The van der Waals surface area contributed by atoms with Gasteiger partial charge in [-0.1, -0.05) is 12.8 Å². The van der Waals surface area contributed by atoms with Crippen LogP contribution in [0.3, 0.4) is 0 Å². The minimum absolute atomic E-state index is 0.423. The SMILES string of the molecule is COc1cc([C@H](CC2CC2)N2CCNCC2)c(OC)cc1Br. The fraction of sp³-hybridized carbons (Fsp3) is 0.647. The number of halogens is 1. The Balaban J connectivity index is 1.94. The van der Waals surface area contributed by atoms with E-state index < -0.39 is 0 Å². The molecule has 1 N–H and O–H groups in total. The number of rotatable bonds is 6. The van der Waals surface area contributed by atoms with Gasteiger partial charge in [0.2, 0.25) is 0 Å². The summed E-state index contributed by atoms with van der Waals surface area (Å²) in [6, 6.07) is 4.61. The van der Waals surface area contributed by atoms with Crippen molar-refractivity contribution in [1.29, 1.82) is 0 Å². The van der Waals surface area contributed by atoms with Crippen molar-refractivity contribution >= 4 is 15.9 Å². The predicted octanol–water partition coefficient (Wildman–Crippen LogP) is 3.21. The van der Waals surface area contributed by atoms with Gasteiger partial charge >= 0.3 is 0 Å². The van der Waals surface area contributed by atoms with E-state index in [9.17, 15) is 0 Å². The minimum atomic E-state index is 0.423. The van der Waals surface area contributed by atoms with Crippen molar-refractivity contribution in [2.24, 2.45) is 5.92 Å². The second-order valence-electron chi connectivity index (χ2n) is 6.21. The van der Waals surface area contributed by atoms with Crippen molar-refractivity contribution in [3.8, 4) is 11.5 Å². The van der Waals surface area contributed by atoms with Crippen LogP contribution < -0.4 is 14.8 Å². The van der Waals surface area contributed by atoms with Gasteiger partial charge in [0, 0.05) is 37.8 Å². The summed E-state index contributed by atoms with van der Waals surface area (Å²) in [4.78, 5) is 2.60. The zero-order chi connectivity index (χ0) is 15.5. The van der Waals surface area contributed by atoms with Crippen molar-refractivity contribution in [2.45, 2.75) is 25.3 Å². The van der Waals surface area contributed by atoms with E-state index >= 15 is 0 Å². The normalized spacial score (nSPS) is 20.7. The van der Waals surface area contributed by atoms with Gasteiger partial charge in [0.1, 0.15) is 11.5 Å². The van der Waals surface area contributed by atoms with Crippen LogP contribution in [-0.2, 0) is 0 Å². The molecule has 0 radical (unpaired) electrons. The summed E-state index contributed by atoms with van der Waals surface area (Å²) in [5.41, 5.74) is 1.26. The quantitative estimate of drug-likeness (QED) is 0.835. The number of methoxy groups -OCH3 is 2. The molecule has 3 rings (SSSR count). The standard InChI is InChI=1S/C17H25BrN2O2/c1-21-16-11-14(18)17(22-2)10-13(16)15(9-12-3-4-12)20-7-5-19-6-8-20/h10-12,15,19H,3-9H2,1-2H3/t15-/m0/s1. The lowest BCUT2D eigenvalue weighted by molar-refractivity contribution is 0.157. The van der Waals surface area contributed by atoms with E-state index in [0.29, 0.717) is 6.04 Å². The Morgan fingerprint density at radius 3 is 2.45 bits per heavy atom. The maximum atomic E-state index is 5.67. The number of nitrogens with zero attached hydrogens (tertiary/aromatic N) is 1. The van der Waals surface area contributed by atoms with Crippen LogP contribution >= 0.6 is 15.9 Å². The molecule has 1 aromatic rings. The molecular weight excluding hydrogens is 344 g/mol. The van der Waals surface area contributed by atoms with E-state index in [1.165, 1.54) is 24.8 Å². The fourth-order valence-electron chi connectivity index (χ4n) is 3.28. The molecule has 1 aliphatic heterocycles. The summed E-state index contributed by atoms with van der Waals surface area (Å²) in [6.45, 7) is 4.33. The Morgan fingerprint density at radius 2 is 1.86 bits per heavy atom. The Morgan fingerprint density at radius 1 is 1.18 bits per heavy atom. The van der Waals surface area contributed by atoms with Gasteiger partial charge in [-0.25, -0.2) is 0 Å². The van der Waals surface area contributed by atoms with Gasteiger partial charge in [-0.05, 0) is 40.4 Å². The summed E-state index contributed by atoms with van der Waals surface area (Å²) in [5.74, 6) is 2.71. The first kappa shape index (κ1) is 16.1. The molecule has 5 heteroatoms. The molecule has 1 atom stereocenters. The molecule has 0 spiro atoms. The van der Waals surface area contributed by atoms with Crippen LogP contribution in [0.15, 0.2) is 16.6 Å². The third-order valence-electron chi connectivity index (χ3n) is 4.71. The molecule has 22 heavy (non-hydrogen) atoms. The molecule has 2 aliphatic rings. The lowest BCUT2D eigenvalue weighted by Gasteiger charge is -2.36. The van der Waals surface area contributed by atoms with E-state index in [-0.39, 0.29) is 0 Å². The highest BCUT2D eigenvalue weighted by Crippen LogP contribution is 2.44. The number of benzene rings is 1. The summed E-state index contributed by atoms with van der Waals surface area (Å²) >= 11 is 3.56. The molecule has 0 bridgehead atoms. The Kier molecular flexibility index (Phi) is 5.26. The monoisotopic (exact) mass is 368 g/mol. The molecule has 1 saturated heterocycles. The van der Waals surface area contributed by atoms with E-state index in [4.69, 9.17) is 9.47 Å². The molecule has 1 saturated carbocycles. The first-order chi connectivity index (χ1) is 10.7. The molecule has 2 fully saturated rings. The number of ether oxygens (including phenoxy) is 2. The number of nitrogens with one attached hydrogen (secondary N) is 1. The van der Waals surface area contributed by atoms with Gasteiger partial charge in [-0.2, -0.15) is 0 Å². The van der Waals surface area contributed by atoms with Crippen LogP contribution in [-0.4, -0.2) is 45.3 Å². The van der Waals surface area contributed by atoms with E-state index in [2.05, 4.69) is 32.2 Å². The van der Waals surface area contributed by atoms with Crippen LogP contribution in [0.25, 0.3) is 0 Å². The second-order valence-corrected chi connectivity index (χ2v) is 7.06. The number of hydrogen-bond donors (Lipinski definition) is 1.